The molecule has 1 heterocycles. The number of carboxylic acid groups (broad SMARTS) is 1. The van der Waals surface area contributed by atoms with Crippen molar-refractivity contribution in [2.24, 2.45) is 5.92 Å². The molecule has 1 aromatic heterocycles. The molecule has 0 fully saturated rings. The Labute approximate surface area is 167 Å². The molecule has 0 radical (unpaired) electrons. The summed E-state index contributed by atoms with van der Waals surface area (Å²) in [5.74, 6) is -0.240. The molecule has 0 aliphatic carbocycles. The Bertz CT molecular complexity index is 912. The van der Waals surface area contributed by atoms with E-state index in [9.17, 15) is 14.4 Å². The highest BCUT2D eigenvalue weighted by molar-refractivity contribution is 6.29. The molecular formula is C20H21ClFN3O3. The third-order valence-electron chi connectivity index (χ3n) is 4.09. The van der Waals surface area contributed by atoms with Crippen LogP contribution in [0.3, 0.4) is 0 Å². The van der Waals surface area contributed by atoms with Gasteiger partial charge in [0.05, 0.1) is 12.2 Å². The maximum atomic E-state index is 14.2. The Balaban J connectivity index is 2.12. The lowest BCUT2D eigenvalue weighted by atomic mass is 9.92. The fourth-order valence-corrected chi connectivity index (χ4v) is 3.21. The van der Waals surface area contributed by atoms with Crippen LogP contribution >= 0.6 is 11.6 Å². The van der Waals surface area contributed by atoms with Gasteiger partial charge >= 0.3 is 6.09 Å². The average molecular weight is 406 g/mol. The number of hydrogen-bond acceptors (Lipinski definition) is 4. The Kier molecular flexibility index (Phi) is 6.81. The van der Waals surface area contributed by atoms with Gasteiger partial charge in [0.25, 0.3) is 0 Å². The van der Waals surface area contributed by atoms with Gasteiger partial charge in [0.15, 0.2) is 11.0 Å². The average Bonchev–Trinajstić information content (AvgIpc) is 2.60. The molecule has 0 aliphatic rings. The third kappa shape index (κ3) is 5.57. The van der Waals surface area contributed by atoms with Crippen LogP contribution in [0.4, 0.5) is 9.18 Å². The molecule has 2 rings (SSSR count). The molecule has 148 valence electrons. The number of nitrogens with one attached hydrogen (secondary N) is 1. The minimum absolute atomic E-state index is 0.0320. The van der Waals surface area contributed by atoms with Gasteiger partial charge in [-0.1, -0.05) is 24.6 Å². The summed E-state index contributed by atoms with van der Waals surface area (Å²) >= 11 is 5.72. The van der Waals surface area contributed by atoms with Crippen LogP contribution in [0.25, 0.3) is 11.1 Å². The van der Waals surface area contributed by atoms with Gasteiger partial charge in [-0.3, -0.25) is 0 Å². The van der Waals surface area contributed by atoms with Crippen LogP contribution in [-0.4, -0.2) is 28.3 Å². The number of ether oxygens (including phenoxy) is 1. The van der Waals surface area contributed by atoms with Crippen LogP contribution in [0.5, 0.6) is 5.75 Å². The maximum Gasteiger partial charge on any atom is 0.405 e. The van der Waals surface area contributed by atoms with Gasteiger partial charge in [0.1, 0.15) is 11.8 Å². The van der Waals surface area contributed by atoms with Gasteiger partial charge in [-0.05, 0) is 49.9 Å². The van der Waals surface area contributed by atoms with Crippen LogP contribution in [0.15, 0.2) is 30.5 Å². The Morgan fingerprint density at radius 3 is 2.82 bits per heavy atom. The predicted molar refractivity (Wildman–Crippen MR) is 104 cm³/mol. The molecule has 0 saturated carbocycles. The molecular weight excluding hydrogens is 385 g/mol. The number of benzene rings is 1. The maximum absolute atomic E-state index is 14.2. The molecule has 0 bridgehead atoms. The first-order chi connectivity index (χ1) is 13.1. The van der Waals surface area contributed by atoms with Crippen molar-refractivity contribution in [2.75, 3.05) is 6.61 Å². The van der Waals surface area contributed by atoms with E-state index in [1.807, 2.05) is 6.92 Å². The van der Waals surface area contributed by atoms with E-state index < -0.39 is 17.4 Å². The summed E-state index contributed by atoms with van der Waals surface area (Å²) in [7, 11) is 0. The largest absolute Gasteiger partial charge is 0.492 e. The smallest absolute Gasteiger partial charge is 0.405 e. The van der Waals surface area contributed by atoms with Crippen molar-refractivity contribution in [3.63, 3.8) is 0 Å². The second-order valence-electron chi connectivity index (χ2n) is 7.22. The monoisotopic (exact) mass is 405 g/mol. The molecule has 0 spiro atoms. The topological polar surface area (TPSA) is 95.2 Å². The van der Waals surface area contributed by atoms with E-state index in [0.717, 1.165) is 0 Å². The van der Waals surface area contributed by atoms with E-state index in [4.69, 9.17) is 21.4 Å². The summed E-state index contributed by atoms with van der Waals surface area (Å²) in [6.07, 6.45) is 0.870. The molecule has 0 saturated heterocycles. The van der Waals surface area contributed by atoms with Crippen molar-refractivity contribution in [1.29, 1.82) is 5.26 Å². The number of halogens is 2. The van der Waals surface area contributed by atoms with E-state index in [0.29, 0.717) is 24.3 Å². The molecule has 1 aromatic carbocycles. The lowest BCUT2D eigenvalue weighted by Gasteiger charge is -2.28. The molecule has 2 N–H and O–H groups in total. The number of rotatable bonds is 7. The second-order valence-corrected chi connectivity index (χ2v) is 7.58. The van der Waals surface area contributed by atoms with Crippen molar-refractivity contribution < 1.29 is 19.0 Å². The van der Waals surface area contributed by atoms with Crippen LogP contribution < -0.4 is 10.1 Å². The van der Waals surface area contributed by atoms with Crippen LogP contribution in [0.2, 0.25) is 5.15 Å². The number of hydrogen-bond donors (Lipinski definition) is 2. The predicted octanol–water partition coefficient (Wildman–Crippen LogP) is 4.86. The van der Waals surface area contributed by atoms with Crippen LogP contribution in [0, 0.1) is 23.1 Å². The number of nitriles is 1. The van der Waals surface area contributed by atoms with Crippen molar-refractivity contribution >= 4 is 17.7 Å². The zero-order valence-corrected chi connectivity index (χ0v) is 16.5. The fourth-order valence-electron chi connectivity index (χ4n) is 3.05. The summed E-state index contributed by atoms with van der Waals surface area (Å²) < 4.78 is 19.9. The van der Waals surface area contributed by atoms with E-state index in [2.05, 4.69) is 16.4 Å². The minimum Gasteiger partial charge on any atom is -0.492 e. The zero-order valence-electron chi connectivity index (χ0n) is 15.8. The SMILES string of the molecule is CC(COc1ccc(-c2ccnc(Cl)c2F)cc1C#N)CC(C)(C)NC(=O)O. The Morgan fingerprint density at radius 2 is 2.18 bits per heavy atom. The van der Waals surface area contributed by atoms with Crippen molar-refractivity contribution in [3.05, 3.63) is 47.0 Å². The van der Waals surface area contributed by atoms with Gasteiger partial charge < -0.3 is 15.2 Å². The number of amides is 1. The highest BCUT2D eigenvalue weighted by atomic mass is 35.5. The van der Waals surface area contributed by atoms with Gasteiger partial charge in [-0.2, -0.15) is 5.26 Å². The highest BCUT2D eigenvalue weighted by Gasteiger charge is 2.23. The van der Waals surface area contributed by atoms with Crippen LogP contribution in [-0.2, 0) is 0 Å². The fraction of sp³-hybridized carbons (Fsp3) is 0.350. The van der Waals surface area contributed by atoms with E-state index in [1.54, 1.807) is 26.0 Å². The molecule has 6 nitrogen and oxygen atoms in total. The third-order valence-corrected chi connectivity index (χ3v) is 4.35. The number of nitrogens with zero attached hydrogens (tertiary/aromatic N) is 2. The van der Waals surface area contributed by atoms with Gasteiger partial charge in [-0.25, -0.2) is 14.2 Å². The molecule has 1 amide bonds. The highest BCUT2D eigenvalue weighted by Crippen LogP contribution is 2.30. The van der Waals surface area contributed by atoms with Crippen LogP contribution in [0.1, 0.15) is 32.8 Å². The van der Waals surface area contributed by atoms with Gasteiger partial charge in [-0.15, -0.1) is 0 Å². The van der Waals surface area contributed by atoms with E-state index >= 15 is 0 Å². The van der Waals surface area contributed by atoms with E-state index in [1.165, 1.54) is 18.3 Å². The number of aromatic nitrogens is 1. The van der Waals surface area contributed by atoms with Gasteiger partial charge in [0, 0.05) is 17.3 Å². The first-order valence-electron chi connectivity index (χ1n) is 8.61. The summed E-state index contributed by atoms with van der Waals surface area (Å²) in [6, 6.07) is 8.32. The molecule has 1 unspecified atom stereocenters. The Hall–Kier alpha value is -2.85. The number of carbonyl (C=O) groups is 1. The summed E-state index contributed by atoms with van der Waals surface area (Å²) in [4.78, 5) is 14.5. The molecule has 0 aliphatic heterocycles. The molecule has 8 heteroatoms. The van der Waals surface area contributed by atoms with Crippen molar-refractivity contribution in [3.8, 4) is 22.9 Å². The normalized spacial score (nSPS) is 12.1. The second kappa shape index (κ2) is 8.89. The molecule has 28 heavy (non-hydrogen) atoms. The standard InChI is InChI=1S/C20H21ClFN3O3/c1-12(9-20(2,3)25-19(26)27)11-28-16-5-4-13(8-14(16)10-23)15-6-7-24-18(21)17(15)22/h4-8,12,25H,9,11H2,1-3H3,(H,26,27). The van der Waals surface area contributed by atoms with E-state index in [-0.39, 0.29) is 22.2 Å². The first kappa shape index (κ1) is 21.5. The van der Waals surface area contributed by atoms with Gasteiger partial charge in [0.2, 0.25) is 0 Å². The summed E-state index contributed by atoms with van der Waals surface area (Å²) in [5, 5.41) is 20.5. The lowest BCUT2D eigenvalue weighted by Crippen LogP contribution is -2.44. The van der Waals surface area contributed by atoms with Crippen molar-refractivity contribution in [2.45, 2.75) is 32.7 Å². The first-order valence-corrected chi connectivity index (χ1v) is 8.99. The van der Waals surface area contributed by atoms with Crippen molar-refractivity contribution in [1.82, 2.24) is 10.3 Å². The Morgan fingerprint density at radius 1 is 1.46 bits per heavy atom. The molecule has 2 aromatic rings. The summed E-state index contributed by atoms with van der Waals surface area (Å²) in [6.45, 7) is 5.82. The summed E-state index contributed by atoms with van der Waals surface area (Å²) in [5.41, 5.74) is 0.401. The minimum atomic E-state index is -1.08. The number of pyridine rings is 1. The quantitative estimate of drug-likeness (QED) is 0.641. The zero-order chi connectivity index (χ0) is 20.9. The molecule has 1 atom stereocenters. The lowest BCUT2D eigenvalue weighted by molar-refractivity contribution is 0.169.